The average Bonchev–Trinajstić information content (AvgIpc) is 1.81. The smallest absolute Gasteiger partial charge is 0.418 e. The summed E-state index contributed by atoms with van der Waals surface area (Å²) in [6.07, 6.45) is 5.00. The van der Waals surface area contributed by atoms with Crippen molar-refractivity contribution in [2.24, 2.45) is 0 Å². The molecule has 0 aromatic rings. The van der Waals surface area contributed by atoms with E-state index in [4.69, 9.17) is 0 Å². The van der Waals surface area contributed by atoms with Gasteiger partial charge in [-0.05, 0) is 13.0 Å². The second-order valence-electron chi connectivity index (χ2n) is 2.41. The van der Waals surface area contributed by atoms with Crippen LogP contribution in [0.2, 0.25) is 0 Å². The van der Waals surface area contributed by atoms with Gasteiger partial charge in [0, 0.05) is 6.20 Å². The molecule has 0 aliphatic carbocycles. The van der Waals surface area contributed by atoms with Crippen LogP contribution in [0.5, 0.6) is 0 Å². The number of hydrogen-bond donors (Lipinski definition) is 0. The molecule has 0 radical (unpaired) electrons. The molecule has 0 amide bonds. The molecule has 0 saturated carbocycles. The van der Waals surface area contributed by atoms with E-state index in [0.29, 0.717) is 11.7 Å². The Morgan fingerprint density at radius 3 is 2.00 bits per heavy atom. The first-order valence-corrected chi connectivity index (χ1v) is 3.43. The molecule has 0 atom stereocenters. The molecule has 0 aromatic heterocycles. The van der Waals surface area contributed by atoms with Crippen LogP contribution in [-0.4, -0.2) is 18.9 Å². The molecule has 13 heavy (non-hydrogen) atoms. The lowest BCUT2D eigenvalue weighted by molar-refractivity contribution is 0.101. The van der Waals surface area contributed by atoms with Crippen LogP contribution in [0.3, 0.4) is 0 Å². The van der Waals surface area contributed by atoms with Crippen LogP contribution in [0.25, 0.3) is 0 Å². The zero-order chi connectivity index (χ0) is 10.5. The van der Waals surface area contributed by atoms with Crippen LogP contribution in [0.4, 0.5) is 21.7 Å². The Morgan fingerprint density at radius 1 is 1.31 bits per heavy atom. The molecule has 0 N–H and O–H groups in total. The Bertz CT molecular complexity index is 204. The van der Waals surface area contributed by atoms with Gasteiger partial charge in [0.05, 0.1) is 6.54 Å². The standard InChI is InChI=1S/C6H8FN.BF4/c1-6-3-2-4-8(7)5-6;2-1(3,4)5/h2-4H,5H2,1H3;/q;-1. The summed E-state index contributed by atoms with van der Waals surface area (Å²) in [5.74, 6) is 0. The van der Waals surface area contributed by atoms with Crippen molar-refractivity contribution in [2.45, 2.75) is 6.92 Å². The van der Waals surface area contributed by atoms with Gasteiger partial charge < -0.3 is 17.3 Å². The molecule has 0 fully saturated rings. The molecule has 0 bridgehead atoms. The van der Waals surface area contributed by atoms with Gasteiger partial charge in [-0.3, -0.25) is 0 Å². The molecular weight excluding hydrogens is 192 g/mol. The quantitative estimate of drug-likeness (QED) is 0.330. The van der Waals surface area contributed by atoms with Crippen LogP contribution in [0.15, 0.2) is 23.9 Å². The molecular formula is C6H8BF5N-. The van der Waals surface area contributed by atoms with Gasteiger partial charge in [-0.1, -0.05) is 11.6 Å². The SMILES string of the molecule is CC1=CC=CN(F)C1.F[B-](F)(F)F. The van der Waals surface area contributed by atoms with E-state index in [1.165, 1.54) is 6.20 Å². The summed E-state index contributed by atoms with van der Waals surface area (Å²) < 4.78 is 51.1. The zero-order valence-corrected chi connectivity index (χ0v) is 6.85. The van der Waals surface area contributed by atoms with Gasteiger partial charge >= 0.3 is 7.25 Å². The molecule has 0 unspecified atom stereocenters. The molecule has 0 spiro atoms. The highest BCUT2D eigenvalue weighted by Crippen LogP contribution is 2.06. The van der Waals surface area contributed by atoms with E-state index in [-0.39, 0.29) is 0 Å². The van der Waals surface area contributed by atoms with Crippen molar-refractivity contribution in [1.82, 2.24) is 5.12 Å². The van der Waals surface area contributed by atoms with Crippen LogP contribution in [0, 0.1) is 0 Å². The topological polar surface area (TPSA) is 3.24 Å². The second kappa shape index (κ2) is 4.88. The van der Waals surface area contributed by atoms with E-state index in [2.05, 4.69) is 0 Å². The number of nitrogens with zero attached hydrogens (tertiary/aromatic N) is 1. The van der Waals surface area contributed by atoms with Crippen molar-refractivity contribution in [2.75, 3.05) is 6.54 Å². The van der Waals surface area contributed by atoms with E-state index in [0.717, 1.165) is 5.57 Å². The molecule has 0 saturated heterocycles. The summed E-state index contributed by atoms with van der Waals surface area (Å²) in [5.41, 5.74) is 1.05. The lowest BCUT2D eigenvalue weighted by Gasteiger charge is -2.10. The molecule has 1 aliphatic rings. The van der Waals surface area contributed by atoms with Gasteiger partial charge in [-0.2, -0.15) is 0 Å². The van der Waals surface area contributed by atoms with Crippen LogP contribution in [-0.2, 0) is 0 Å². The number of rotatable bonds is 0. The lowest BCUT2D eigenvalue weighted by atomic mass is 10.2. The Hall–Kier alpha value is -1.01. The highest BCUT2D eigenvalue weighted by atomic mass is 19.5. The summed E-state index contributed by atoms with van der Waals surface area (Å²) in [5, 5.41) is 0.662. The van der Waals surface area contributed by atoms with Gasteiger partial charge in [-0.25, -0.2) is 5.12 Å². The summed E-state index contributed by atoms with van der Waals surface area (Å²) in [4.78, 5) is 0. The maximum absolute atomic E-state index is 12.1. The molecule has 76 valence electrons. The first-order chi connectivity index (χ1) is 5.79. The molecule has 7 heteroatoms. The van der Waals surface area contributed by atoms with Crippen molar-refractivity contribution in [3.05, 3.63) is 23.9 Å². The molecule has 1 heterocycles. The largest absolute Gasteiger partial charge is 0.673 e. The van der Waals surface area contributed by atoms with Crippen LogP contribution >= 0.6 is 0 Å². The van der Waals surface area contributed by atoms with Gasteiger partial charge in [0.2, 0.25) is 0 Å². The number of hydrogen-bond acceptors (Lipinski definition) is 1. The highest BCUT2D eigenvalue weighted by Gasteiger charge is 2.20. The van der Waals surface area contributed by atoms with Crippen LogP contribution in [0.1, 0.15) is 6.92 Å². The van der Waals surface area contributed by atoms with Gasteiger partial charge in [-0.15, -0.1) is 4.48 Å². The van der Waals surface area contributed by atoms with Crippen molar-refractivity contribution in [3.8, 4) is 0 Å². The summed E-state index contributed by atoms with van der Waals surface area (Å²) in [6, 6.07) is 0. The first kappa shape index (κ1) is 12.0. The fourth-order valence-electron chi connectivity index (χ4n) is 0.644. The minimum atomic E-state index is -6.00. The van der Waals surface area contributed by atoms with Crippen molar-refractivity contribution in [3.63, 3.8) is 0 Å². The lowest BCUT2D eigenvalue weighted by Crippen LogP contribution is -2.10. The molecule has 1 rings (SSSR count). The first-order valence-electron chi connectivity index (χ1n) is 3.43. The molecule has 0 aromatic carbocycles. The Morgan fingerprint density at radius 2 is 1.77 bits per heavy atom. The minimum absolute atomic E-state index is 0.413. The monoisotopic (exact) mass is 200 g/mol. The summed E-state index contributed by atoms with van der Waals surface area (Å²) in [7, 11) is -6.00. The van der Waals surface area contributed by atoms with E-state index < -0.39 is 7.25 Å². The third-order valence-corrected chi connectivity index (χ3v) is 1.03. The maximum Gasteiger partial charge on any atom is 0.673 e. The van der Waals surface area contributed by atoms with Crippen LogP contribution < -0.4 is 0 Å². The fourth-order valence-corrected chi connectivity index (χ4v) is 0.644. The zero-order valence-electron chi connectivity index (χ0n) is 6.85. The second-order valence-corrected chi connectivity index (χ2v) is 2.41. The number of halogens is 5. The molecule has 1 nitrogen and oxygen atoms in total. The van der Waals surface area contributed by atoms with E-state index in [9.17, 15) is 21.7 Å². The normalized spacial score (nSPS) is 16.2. The fraction of sp³-hybridized carbons (Fsp3) is 0.333. The third-order valence-electron chi connectivity index (χ3n) is 1.03. The average molecular weight is 200 g/mol. The summed E-state index contributed by atoms with van der Waals surface area (Å²) in [6.45, 7) is 2.31. The Labute approximate surface area is 72.6 Å². The predicted octanol–water partition coefficient (Wildman–Crippen LogP) is 2.95. The van der Waals surface area contributed by atoms with E-state index in [1.54, 1.807) is 6.08 Å². The van der Waals surface area contributed by atoms with Gasteiger partial charge in [0.15, 0.2) is 0 Å². The maximum atomic E-state index is 12.1. The van der Waals surface area contributed by atoms with Crippen molar-refractivity contribution in [1.29, 1.82) is 0 Å². The predicted molar refractivity (Wildman–Crippen MR) is 40.9 cm³/mol. The van der Waals surface area contributed by atoms with E-state index >= 15 is 0 Å². The van der Waals surface area contributed by atoms with E-state index in [1.807, 2.05) is 13.0 Å². The van der Waals surface area contributed by atoms with Gasteiger partial charge in [0.1, 0.15) is 0 Å². The van der Waals surface area contributed by atoms with Crippen molar-refractivity contribution >= 4 is 7.25 Å². The van der Waals surface area contributed by atoms with Gasteiger partial charge in [0.25, 0.3) is 0 Å². The number of allylic oxidation sites excluding steroid dienone is 2. The highest BCUT2D eigenvalue weighted by molar-refractivity contribution is 6.50. The molecule has 1 aliphatic heterocycles. The minimum Gasteiger partial charge on any atom is -0.418 e. The Kier molecular flexibility index (Phi) is 4.51. The Balaban J connectivity index is 0.000000252. The summed E-state index contributed by atoms with van der Waals surface area (Å²) >= 11 is 0. The third kappa shape index (κ3) is 11.0. The van der Waals surface area contributed by atoms with Crippen molar-refractivity contribution < 1.29 is 21.7 Å².